The van der Waals surface area contributed by atoms with Gasteiger partial charge >= 0.3 is 0 Å². The van der Waals surface area contributed by atoms with Gasteiger partial charge in [0.15, 0.2) is 0 Å². The monoisotopic (exact) mass is 164 g/mol. The van der Waals surface area contributed by atoms with E-state index in [1.54, 1.807) is 0 Å². The molecule has 0 aromatic heterocycles. The van der Waals surface area contributed by atoms with Crippen LogP contribution in [0.3, 0.4) is 0 Å². The van der Waals surface area contributed by atoms with Crippen LogP contribution < -0.4 is 10.5 Å². The summed E-state index contributed by atoms with van der Waals surface area (Å²) in [6.45, 7) is 2.14. The van der Waals surface area contributed by atoms with Crippen molar-refractivity contribution < 1.29 is 4.74 Å². The fraction of sp³-hybridized carbons (Fsp3) is 0.222. The number of amidine groups is 1. The van der Waals surface area contributed by atoms with Crippen LogP contribution >= 0.6 is 0 Å². The Morgan fingerprint density at radius 1 is 1.58 bits per heavy atom. The molecule has 0 amide bonds. The summed E-state index contributed by atoms with van der Waals surface area (Å²) < 4.78 is 5.20. The lowest BCUT2D eigenvalue weighted by Gasteiger charge is -2.04. The van der Waals surface area contributed by atoms with E-state index in [9.17, 15) is 0 Å². The first-order valence-electron chi connectivity index (χ1n) is 3.71. The minimum Gasteiger partial charge on any atom is -0.486 e. The highest BCUT2D eigenvalue weighted by Gasteiger charge is 1.93. The van der Waals surface area contributed by atoms with Gasteiger partial charge in [0.2, 0.25) is 0 Å². The van der Waals surface area contributed by atoms with Gasteiger partial charge in [-0.05, 0) is 24.6 Å². The van der Waals surface area contributed by atoms with Gasteiger partial charge in [-0.25, -0.2) is 0 Å². The maximum Gasteiger partial charge on any atom is 0.145 e. The van der Waals surface area contributed by atoms with Gasteiger partial charge in [-0.15, -0.1) is 0 Å². The number of hydrogen-bond acceptors (Lipinski definition) is 2. The lowest BCUT2D eigenvalue weighted by molar-refractivity contribution is 0.374. The molecule has 1 rings (SSSR count). The molecule has 0 spiro atoms. The molecule has 3 N–H and O–H groups in total. The zero-order chi connectivity index (χ0) is 8.97. The largest absolute Gasteiger partial charge is 0.486 e. The Balaban J connectivity index is 2.57. The number of aryl methyl sites for hydroxylation is 1. The molecular formula is C9H12N2O. The van der Waals surface area contributed by atoms with E-state index in [0.29, 0.717) is 0 Å². The summed E-state index contributed by atoms with van der Waals surface area (Å²) in [6.07, 6.45) is 0. The summed E-state index contributed by atoms with van der Waals surface area (Å²) in [4.78, 5) is 0. The average molecular weight is 164 g/mol. The highest BCUT2D eigenvalue weighted by molar-refractivity contribution is 5.78. The topological polar surface area (TPSA) is 59.1 Å². The molecule has 0 unspecified atom stereocenters. The van der Waals surface area contributed by atoms with Gasteiger partial charge in [-0.1, -0.05) is 12.1 Å². The van der Waals surface area contributed by atoms with Crippen molar-refractivity contribution in [1.82, 2.24) is 0 Å². The Hall–Kier alpha value is -1.51. The molecule has 0 aliphatic carbocycles. The molecule has 0 aliphatic heterocycles. The molecule has 0 atom stereocenters. The number of nitrogens with one attached hydrogen (secondary N) is 1. The molecular weight excluding hydrogens is 152 g/mol. The molecule has 64 valence electrons. The average Bonchev–Trinajstić information content (AvgIpc) is 2.01. The molecule has 0 saturated heterocycles. The Bertz CT molecular complexity index is 284. The molecule has 0 bridgehead atoms. The lowest BCUT2D eigenvalue weighted by Crippen LogP contribution is -2.19. The predicted octanol–water partition coefficient (Wildman–Crippen LogP) is 1.31. The van der Waals surface area contributed by atoms with E-state index in [-0.39, 0.29) is 12.4 Å². The second kappa shape index (κ2) is 3.76. The van der Waals surface area contributed by atoms with Crippen molar-refractivity contribution in [3.63, 3.8) is 0 Å². The first-order chi connectivity index (χ1) is 5.68. The molecule has 0 saturated carbocycles. The first kappa shape index (κ1) is 8.59. The van der Waals surface area contributed by atoms with Crippen molar-refractivity contribution in [2.24, 2.45) is 5.73 Å². The van der Waals surface area contributed by atoms with E-state index >= 15 is 0 Å². The van der Waals surface area contributed by atoms with Crippen molar-refractivity contribution in [3.8, 4) is 5.75 Å². The summed E-state index contributed by atoms with van der Waals surface area (Å²) in [5.74, 6) is 0.793. The number of ether oxygens (including phenoxy) is 1. The van der Waals surface area contributed by atoms with Crippen molar-refractivity contribution in [1.29, 1.82) is 5.41 Å². The van der Waals surface area contributed by atoms with Crippen LogP contribution in [0, 0.1) is 12.3 Å². The molecule has 0 heterocycles. The van der Waals surface area contributed by atoms with Crippen molar-refractivity contribution in [2.75, 3.05) is 6.61 Å². The van der Waals surface area contributed by atoms with Crippen LogP contribution in [0.4, 0.5) is 0 Å². The quantitative estimate of drug-likeness (QED) is 0.522. The summed E-state index contributed by atoms with van der Waals surface area (Å²) in [5.41, 5.74) is 6.27. The third kappa shape index (κ3) is 2.62. The van der Waals surface area contributed by atoms with E-state index in [1.807, 2.05) is 31.2 Å². The van der Waals surface area contributed by atoms with Crippen LogP contribution in [0.25, 0.3) is 0 Å². The Morgan fingerprint density at radius 2 is 2.33 bits per heavy atom. The van der Waals surface area contributed by atoms with Crippen LogP contribution in [-0.2, 0) is 0 Å². The molecule has 3 nitrogen and oxygen atoms in total. The van der Waals surface area contributed by atoms with Crippen molar-refractivity contribution in [3.05, 3.63) is 29.8 Å². The second-order valence-electron chi connectivity index (χ2n) is 2.63. The Morgan fingerprint density at radius 3 is 2.92 bits per heavy atom. The molecule has 0 radical (unpaired) electrons. The summed E-state index contributed by atoms with van der Waals surface area (Å²) >= 11 is 0. The van der Waals surface area contributed by atoms with Gasteiger partial charge in [0.25, 0.3) is 0 Å². The van der Waals surface area contributed by atoms with Crippen LogP contribution in [0.2, 0.25) is 0 Å². The Kier molecular flexibility index (Phi) is 2.69. The zero-order valence-electron chi connectivity index (χ0n) is 7.00. The van der Waals surface area contributed by atoms with Gasteiger partial charge in [0, 0.05) is 0 Å². The fourth-order valence-electron chi connectivity index (χ4n) is 0.866. The van der Waals surface area contributed by atoms with E-state index in [4.69, 9.17) is 15.9 Å². The number of benzene rings is 1. The van der Waals surface area contributed by atoms with Gasteiger partial charge < -0.3 is 10.5 Å². The molecule has 3 heteroatoms. The van der Waals surface area contributed by atoms with Crippen LogP contribution in [-0.4, -0.2) is 12.4 Å². The fourth-order valence-corrected chi connectivity index (χ4v) is 0.866. The van der Waals surface area contributed by atoms with Crippen LogP contribution in [0.1, 0.15) is 5.56 Å². The molecule has 1 aromatic rings. The van der Waals surface area contributed by atoms with E-state index in [1.165, 1.54) is 0 Å². The van der Waals surface area contributed by atoms with Crippen molar-refractivity contribution in [2.45, 2.75) is 6.92 Å². The van der Waals surface area contributed by atoms with Crippen molar-refractivity contribution >= 4 is 5.84 Å². The number of hydrogen-bond donors (Lipinski definition) is 2. The third-order valence-corrected chi connectivity index (χ3v) is 1.38. The van der Waals surface area contributed by atoms with Crippen LogP contribution in [0.15, 0.2) is 24.3 Å². The standard InChI is InChI=1S/C9H12N2O/c1-7-3-2-4-8(5-7)12-6-9(10)11/h2-5H,6H2,1H3,(H3,10,11). The highest BCUT2D eigenvalue weighted by Crippen LogP contribution is 2.11. The van der Waals surface area contributed by atoms with Gasteiger partial charge in [-0.3, -0.25) is 5.41 Å². The molecule has 12 heavy (non-hydrogen) atoms. The zero-order valence-corrected chi connectivity index (χ0v) is 7.00. The summed E-state index contributed by atoms with van der Waals surface area (Å²) in [7, 11) is 0. The summed E-state index contributed by atoms with van der Waals surface area (Å²) in [6, 6.07) is 7.64. The van der Waals surface area contributed by atoms with E-state index < -0.39 is 0 Å². The smallest absolute Gasteiger partial charge is 0.145 e. The minimum absolute atomic E-state index is 0.0384. The molecule has 0 aliphatic rings. The molecule has 1 aromatic carbocycles. The number of rotatable bonds is 3. The van der Waals surface area contributed by atoms with Gasteiger partial charge in [0.1, 0.15) is 18.2 Å². The lowest BCUT2D eigenvalue weighted by atomic mass is 10.2. The summed E-state index contributed by atoms with van der Waals surface area (Å²) in [5, 5.41) is 6.95. The SMILES string of the molecule is Cc1cccc(OCC(=N)N)c1. The van der Waals surface area contributed by atoms with E-state index in [0.717, 1.165) is 11.3 Å². The van der Waals surface area contributed by atoms with Crippen LogP contribution in [0.5, 0.6) is 5.75 Å². The van der Waals surface area contributed by atoms with Gasteiger partial charge in [-0.2, -0.15) is 0 Å². The van der Waals surface area contributed by atoms with Gasteiger partial charge in [0.05, 0.1) is 0 Å². The predicted molar refractivity (Wildman–Crippen MR) is 48.6 cm³/mol. The first-order valence-corrected chi connectivity index (χ1v) is 3.71. The van der Waals surface area contributed by atoms with E-state index in [2.05, 4.69) is 0 Å². The highest BCUT2D eigenvalue weighted by atomic mass is 16.5. The normalized spacial score (nSPS) is 9.42. The number of nitrogens with two attached hydrogens (primary N) is 1. The minimum atomic E-state index is 0.0384. The second-order valence-corrected chi connectivity index (χ2v) is 2.63. The molecule has 0 fully saturated rings. The third-order valence-electron chi connectivity index (χ3n) is 1.38. The maximum atomic E-state index is 6.95. The Labute approximate surface area is 71.7 Å². The maximum absolute atomic E-state index is 6.95.